The standard InChI is InChI=1S/C8H4Br2F2N2/c9-6-4(1-2-13)3-5(8(11)12)14-7(6)10/h3,8H,1H2. The Labute approximate surface area is 96.2 Å². The van der Waals surface area contributed by atoms with Crippen molar-refractivity contribution in [3.8, 4) is 6.07 Å². The first kappa shape index (κ1) is 11.5. The van der Waals surface area contributed by atoms with Gasteiger partial charge in [0.1, 0.15) is 10.3 Å². The van der Waals surface area contributed by atoms with Gasteiger partial charge in [-0.25, -0.2) is 13.8 Å². The van der Waals surface area contributed by atoms with E-state index in [9.17, 15) is 8.78 Å². The van der Waals surface area contributed by atoms with E-state index in [1.54, 1.807) is 0 Å². The van der Waals surface area contributed by atoms with Crippen LogP contribution in [0.3, 0.4) is 0 Å². The van der Waals surface area contributed by atoms with E-state index in [1.165, 1.54) is 6.07 Å². The van der Waals surface area contributed by atoms with Crippen LogP contribution in [0.5, 0.6) is 0 Å². The van der Waals surface area contributed by atoms with Gasteiger partial charge < -0.3 is 0 Å². The SMILES string of the molecule is N#CCc1cc(C(F)F)nc(Br)c1Br. The number of nitriles is 1. The molecule has 1 aromatic heterocycles. The summed E-state index contributed by atoms with van der Waals surface area (Å²) in [5.74, 6) is 0. The van der Waals surface area contributed by atoms with Crippen LogP contribution in [0.1, 0.15) is 17.7 Å². The molecular formula is C8H4Br2F2N2. The van der Waals surface area contributed by atoms with Crippen molar-refractivity contribution in [2.75, 3.05) is 0 Å². The highest BCUT2D eigenvalue weighted by molar-refractivity contribution is 9.13. The van der Waals surface area contributed by atoms with Gasteiger partial charge in [0.05, 0.1) is 17.0 Å². The van der Waals surface area contributed by atoms with Gasteiger partial charge in [0, 0.05) is 0 Å². The Morgan fingerprint density at radius 1 is 1.50 bits per heavy atom. The van der Waals surface area contributed by atoms with E-state index < -0.39 is 6.43 Å². The third-order valence-corrected chi connectivity index (χ3v) is 3.50. The van der Waals surface area contributed by atoms with Crippen molar-refractivity contribution < 1.29 is 8.78 Å². The van der Waals surface area contributed by atoms with Crippen molar-refractivity contribution >= 4 is 31.9 Å². The van der Waals surface area contributed by atoms with Crippen molar-refractivity contribution in [2.45, 2.75) is 12.8 Å². The van der Waals surface area contributed by atoms with Gasteiger partial charge in [-0.05, 0) is 43.5 Å². The van der Waals surface area contributed by atoms with Gasteiger partial charge in [-0.3, -0.25) is 0 Å². The predicted octanol–water partition coefficient (Wildman–Crippen LogP) is 3.61. The highest BCUT2D eigenvalue weighted by Gasteiger charge is 2.14. The average Bonchev–Trinajstić information content (AvgIpc) is 2.12. The second kappa shape index (κ2) is 4.80. The van der Waals surface area contributed by atoms with Crippen molar-refractivity contribution in [3.05, 3.63) is 26.4 Å². The van der Waals surface area contributed by atoms with E-state index >= 15 is 0 Å². The van der Waals surface area contributed by atoms with E-state index in [1.807, 2.05) is 6.07 Å². The molecule has 0 aliphatic heterocycles. The topological polar surface area (TPSA) is 36.7 Å². The molecule has 0 aromatic carbocycles. The zero-order valence-electron chi connectivity index (χ0n) is 6.77. The smallest absolute Gasteiger partial charge is 0.239 e. The van der Waals surface area contributed by atoms with Crippen LogP contribution < -0.4 is 0 Å². The van der Waals surface area contributed by atoms with E-state index in [0.29, 0.717) is 14.6 Å². The summed E-state index contributed by atoms with van der Waals surface area (Å²) in [5.41, 5.74) is 0.176. The fourth-order valence-electron chi connectivity index (χ4n) is 0.895. The Balaban J connectivity index is 3.22. The van der Waals surface area contributed by atoms with Crippen LogP contribution >= 0.6 is 31.9 Å². The summed E-state index contributed by atoms with van der Waals surface area (Å²) in [6, 6.07) is 3.12. The second-order valence-electron chi connectivity index (χ2n) is 2.45. The number of nitrogens with zero attached hydrogens (tertiary/aromatic N) is 2. The van der Waals surface area contributed by atoms with E-state index in [-0.39, 0.29) is 12.1 Å². The van der Waals surface area contributed by atoms with Crippen LogP contribution in [0.4, 0.5) is 8.78 Å². The average molecular weight is 326 g/mol. The van der Waals surface area contributed by atoms with Crippen molar-refractivity contribution in [3.63, 3.8) is 0 Å². The summed E-state index contributed by atoms with van der Waals surface area (Å²) >= 11 is 6.19. The number of aromatic nitrogens is 1. The van der Waals surface area contributed by atoms with Crippen molar-refractivity contribution in [2.24, 2.45) is 0 Å². The highest BCUT2D eigenvalue weighted by Crippen LogP contribution is 2.29. The second-order valence-corrected chi connectivity index (χ2v) is 3.99. The number of hydrogen-bond donors (Lipinski definition) is 0. The number of halogens is 4. The fraction of sp³-hybridized carbons (Fsp3) is 0.250. The molecule has 1 rings (SSSR count). The lowest BCUT2D eigenvalue weighted by Crippen LogP contribution is -1.96. The van der Waals surface area contributed by atoms with Crippen LogP contribution in [0.25, 0.3) is 0 Å². The number of rotatable bonds is 2. The van der Waals surface area contributed by atoms with E-state index in [2.05, 4.69) is 36.8 Å². The molecule has 0 N–H and O–H groups in total. The summed E-state index contributed by atoms with van der Waals surface area (Å²) in [5, 5.41) is 8.47. The van der Waals surface area contributed by atoms with Crippen molar-refractivity contribution in [1.82, 2.24) is 4.98 Å². The summed E-state index contributed by atoms with van der Waals surface area (Å²) < 4.78 is 25.5. The fourth-order valence-corrected chi connectivity index (χ4v) is 1.70. The first-order valence-electron chi connectivity index (χ1n) is 3.56. The molecule has 0 saturated carbocycles. The molecule has 1 heterocycles. The summed E-state index contributed by atoms with van der Waals surface area (Å²) in [6.07, 6.45) is -2.56. The molecule has 0 amide bonds. The number of pyridine rings is 1. The Hall–Kier alpha value is -0.540. The molecule has 0 radical (unpaired) electrons. The molecule has 2 nitrogen and oxygen atoms in total. The predicted molar refractivity (Wildman–Crippen MR) is 53.9 cm³/mol. The van der Waals surface area contributed by atoms with E-state index in [4.69, 9.17) is 5.26 Å². The molecule has 0 fully saturated rings. The molecular weight excluding hydrogens is 322 g/mol. The maximum absolute atomic E-state index is 12.3. The minimum Gasteiger partial charge on any atom is -0.239 e. The molecule has 74 valence electrons. The molecule has 14 heavy (non-hydrogen) atoms. The van der Waals surface area contributed by atoms with Gasteiger partial charge in [-0.1, -0.05) is 0 Å². The first-order chi connectivity index (χ1) is 6.56. The Morgan fingerprint density at radius 3 is 2.64 bits per heavy atom. The molecule has 0 aliphatic rings. The lowest BCUT2D eigenvalue weighted by molar-refractivity contribution is 0.145. The van der Waals surface area contributed by atoms with Gasteiger partial charge >= 0.3 is 0 Å². The van der Waals surface area contributed by atoms with Crippen LogP contribution in [-0.4, -0.2) is 4.98 Å². The highest BCUT2D eigenvalue weighted by atomic mass is 79.9. The lowest BCUT2D eigenvalue weighted by Gasteiger charge is -2.05. The monoisotopic (exact) mass is 324 g/mol. The van der Waals surface area contributed by atoms with Crippen LogP contribution in [0.2, 0.25) is 0 Å². The quantitative estimate of drug-likeness (QED) is 0.779. The molecule has 6 heteroatoms. The van der Waals surface area contributed by atoms with Crippen molar-refractivity contribution in [1.29, 1.82) is 5.26 Å². The van der Waals surface area contributed by atoms with Gasteiger partial charge in [-0.15, -0.1) is 0 Å². The minimum absolute atomic E-state index is 0.0709. The van der Waals surface area contributed by atoms with Gasteiger partial charge in [0.15, 0.2) is 0 Å². The van der Waals surface area contributed by atoms with Gasteiger partial charge in [0.25, 0.3) is 6.43 Å². The molecule has 1 aromatic rings. The zero-order valence-corrected chi connectivity index (χ0v) is 9.94. The minimum atomic E-state index is -2.63. The molecule has 0 saturated heterocycles. The van der Waals surface area contributed by atoms with Crippen LogP contribution in [0, 0.1) is 11.3 Å². The molecule has 0 aliphatic carbocycles. The Bertz CT molecular complexity index is 388. The summed E-state index contributed by atoms with van der Waals surface area (Å²) in [4.78, 5) is 3.63. The number of alkyl halides is 2. The van der Waals surface area contributed by atoms with Crippen LogP contribution in [-0.2, 0) is 6.42 Å². The Kier molecular flexibility index (Phi) is 3.96. The number of hydrogen-bond acceptors (Lipinski definition) is 2. The van der Waals surface area contributed by atoms with E-state index in [0.717, 1.165) is 0 Å². The van der Waals surface area contributed by atoms with Gasteiger partial charge in [0.2, 0.25) is 0 Å². The molecule has 0 bridgehead atoms. The summed E-state index contributed by atoms with van der Waals surface area (Å²) in [7, 11) is 0. The first-order valence-corrected chi connectivity index (χ1v) is 5.14. The molecule has 0 spiro atoms. The third kappa shape index (κ3) is 2.49. The lowest BCUT2D eigenvalue weighted by atomic mass is 10.2. The van der Waals surface area contributed by atoms with Crippen LogP contribution in [0.15, 0.2) is 15.1 Å². The van der Waals surface area contributed by atoms with Gasteiger partial charge in [-0.2, -0.15) is 5.26 Å². The largest absolute Gasteiger partial charge is 0.280 e. The summed E-state index contributed by atoms with van der Waals surface area (Å²) in [6.45, 7) is 0. The molecule has 0 unspecified atom stereocenters. The maximum Gasteiger partial charge on any atom is 0.280 e. The maximum atomic E-state index is 12.3. The Morgan fingerprint density at radius 2 is 2.14 bits per heavy atom. The third-order valence-electron chi connectivity index (χ3n) is 1.51. The zero-order chi connectivity index (χ0) is 10.7. The normalized spacial score (nSPS) is 10.3. The molecule has 0 atom stereocenters.